The van der Waals surface area contributed by atoms with Crippen molar-refractivity contribution in [2.45, 2.75) is 32.8 Å². The van der Waals surface area contributed by atoms with Gasteiger partial charge in [0.25, 0.3) is 5.91 Å². The Labute approximate surface area is 164 Å². The zero-order valence-corrected chi connectivity index (χ0v) is 16.2. The molecule has 2 aromatic carbocycles. The number of rotatable bonds is 6. The van der Waals surface area contributed by atoms with E-state index in [0.717, 1.165) is 29.7 Å². The third kappa shape index (κ3) is 4.95. The lowest BCUT2D eigenvalue weighted by Crippen LogP contribution is -2.42. The van der Waals surface area contributed by atoms with Gasteiger partial charge in [0.05, 0.1) is 6.10 Å². The zero-order valence-electron chi connectivity index (χ0n) is 16.2. The lowest BCUT2D eigenvalue weighted by molar-refractivity contribution is -0.117. The SMILES string of the molecule is Cc1cccc(NC(=O)CN(CC2CCCO2)C(=O)c2cccc(F)c2)c1C. The number of carbonyl (C=O) groups excluding carboxylic acids is 2. The van der Waals surface area contributed by atoms with Crippen molar-refractivity contribution in [2.24, 2.45) is 0 Å². The van der Waals surface area contributed by atoms with Crippen molar-refractivity contribution in [3.63, 3.8) is 0 Å². The van der Waals surface area contributed by atoms with E-state index in [9.17, 15) is 14.0 Å². The van der Waals surface area contributed by atoms with Crippen LogP contribution in [-0.4, -0.2) is 42.5 Å². The molecule has 0 radical (unpaired) electrons. The summed E-state index contributed by atoms with van der Waals surface area (Å²) >= 11 is 0. The maximum absolute atomic E-state index is 13.6. The van der Waals surface area contributed by atoms with E-state index < -0.39 is 5.82 Å². The zero-order chi connectivity index (χ0) is 20.1. The minimum Gasteiger partial charge on any atom is -0.376 e. The Morgan fingerprint density at radius 2 is 2.00 bits per heavy atom. The van der Waals surface area contributed by atoms with E-state index in [1.807, 2.05) is 32.0 Å². The summed E-state index contributed by atoms with van der Waals surface area (Å²) in [6.07, 6.45) is 1.67. The van der Waals surface area contributed by atoms with Gasteiger partial charge >= 0.3 is 0 Å². The molecule has 3 rings (SSSR count). The highest BCUT2D eigenvalue weighted by Gasteiger charge is 2.25. The maximum Gasteiger partial charge on any atom is 0.254 e. The van der Waals surface area contributed by atoms with Gasteiger partial charge in [-0.2, -0.15) is 0 Å². The molecule has 28 heavy (non-hydrogen) atoms. The Morgan fingerprint density at radius 3 is 2.71 bits per heavy atom. The fraction of sp³-hybridized carbons (Fsp3) is 0.364. The van der Waals surface area contributed by atoms with Crippen LogP contribution in [0.15, 0.2) is 42.5 Å². The third-order valence-corrected chi connectivity index (χ3v) is 5.02. The number of nitrogens with one attached hydrogen (secondary N) is 1. The van der Waals surface area contributed by atoms with Crippen LogP contribution in [0.3, 0.4) is 0 Å². The number of ether oxygens (including phenoxy) is 1. The highest BCUT2D eigenvalue weighted by Crippen LogP contribution is 2.19. The van der Waals surface area contributed by atoms with Crippen molar-refractivity contribution in [2.75, 3.05) is 25.0 Å². The van der Waals surface area contributed by atoms with Crippen molar-refractivity contribution in [3.05, 3.63) is 65.0 Å². The molecule has 148 valence electrons. The molecule has 2 aromatic rings. The molecule has 6 heteroatoms. The van der Waals surface area contributed by atoms with Crippen LogP contribution in [0.1, 0.15) is 34.3 Å². The molecule has 1 aliphatic rings. The number of halogens is 1. The smallest absolute Gasteiger partial charge is 0.254 e. The fourth-order valence-electron chi connectivity index (χ4n) is 3.31. The molecule has 1 atom stereocenters. The van der Waals surface area contributed by atoms with Crippen LogP contribution >= 0.6 is 0 Å². The van der Waals surface area contributed by atoms with Crippen LogP contribution < -0.4 is 5.32 Å². The van der Waals surface area contributed by atoms with Gasteiger partial charge in [-0.25, -0.2) is 4.39 Å². The summed E-state index contributed by atoms with van der Waals surface area (Å²) in [5.74, 6) is -1.16. The molecule has 1 N–H and O–H groups in total. The second kappa shape index (κ2) is 8.97. The summed E-state index contributed by atoms with van der Waals surface area (Å²) in [7, 11) is 0. The second-order valence-electron chi connectivity index (χ2n) is 7.13. The first-order valence-corrected chi connectivity index (χ1v) is 9.46. The molecule has 1 heterocycles. The fourth-order valence-corrected chi connectivity index (χ4v) is 3.31. The van der Waals surface area contributed by atoms with E-state index in [0.29, 0.717) is 13.2 Å². The van der Waals surface area contributed by atoms with Crippen molar-refractivity contribution in [3.8, 4) is 0 Å². The van der Waals surface area contributed by atoms with E-state index in [2.05, 4.69) is 5.32 Å². The predicted molar refractivity (Wildman–Crippen MR) is 106 cm³/mol. The Balaban J connectivity index is 1.75. The second-order valence-corrected chi connectivity index (χ2v) is 7.13. The summed E-state index contributed by atoms with van der Waals surface area (Å²) in [5, 5.41) is 2.88. The Morgan fingerprint density at radius 1 is 1.21 bits per heavy atom. The number of amides is 2. The Kier molecular flexibility index (Phi) is 6.41. The summed E-state index contributed by atoms with van der Waals surface area (Å²) in [5.41, 5.74) is 3.00. The highest BCUT2D eigenvalue weighted by molar-refractivity contribution is 5.99. The van der Waals surface area contributed by atoms with Gasteiger partial charge in [-0.1, -0.05) is 18.2 Å². The molecule has 1 unspecified atom stereocenters. The molecular weight excluding hydrogens is 359 g/mol. The van der Waals surface area contributed by atoms with E-state index in [4.69, 9.17) is 4.74 Å². The van der Waals surface area contributed by atoms with Gasteiger partial charge in [0.2, 0.25) is 5.91 Å². The van der Waals surface area contributed by atoms with Crippen LogP contribution in [0, 0.1) is 19.7 Å². The van der Waals surface area contributed by atoms with E-state index in [1.165, 1.54) is 23.1 Å². The molecule has 0 bridgehead atoms. The number of nitrogens with zero attached hydrogens (tertiary/aromatic N) is 1. The standard InChI is InChI=1S/C22H25FN2O3/c1-15-6-3-10-20(16(15)2)24-21(26)14-25(13-19-9-5-11-28-19)22(27)17-7-4-8-18(23)12-17/h3-4,6-8,10,12,19H,5,9,11,13-14H2,1-2H3,(H,24,26). The number of anilines is 1. The molecule has 1 saturated heterocycles. The van der Waals surface area contributed by atoms with Crippen molar-refractivity contribution in [1.29, 1.82) is 0 Å². The normalized spacial score (nSPS) is 16.0. The van der Waals surface area contributed by atoms with Gasteiger partial charge in [-0.3, -0.25) is 9.59 Å². The van der Waals surface area contributed by atoms with E-state index in [-0.39, 0.29) is 30.0 Å². The van der Waals surface area contributed by atoms with Crippen molar-refractivity contribution < 1.29 is 18.7 Å². The number of aryl methyl sites for hydroxylation is 1. The third-order valence-electron chi connectivity index (χ3n) is 5.02. The lowest BCUT2D eigenvalue weighted by Gasteiger charge is -2.25. The first-order chi connectivity index (χ1) is 13.4. The van der Waals surface area contributed by atoms with Crippen LogP contribution in [0.4, 0.5) is 10.1 Å². The molecular formula is C22H25FN2O3. The van der Waals surface area contributed by atoms with Crippen molar-refractivity contribution >= 4 is 17.5 Å². The molecule has 1 aliphatic heterocycles. The van der Waals surface area contributed by atoms with Crippen LogP contribution in [0.2, 0.25) is 0 Å². The van der Waals surface area contributed by atoms with Crippen LogP contribution in [0.5, 0.6) is 0 Å². The largest absolute Gasteiger partial charge is 0.376 e. The first-order valence-electron chi connectivity index (χ1n) is 9.46. The van der Waals surface area contributed by atoms with Crippen molar-refractivity contribution in [1.82, 2.24) is 4.90 Å². The van der Waals surface area contributed by atoms with Crippen LogP contribution in [0.25, 0.3) is 0 Å². The minimum absolute atomic E-state index is 0.106. The van der Waals surface area contributed by atoms with Crippen LogP contribution in [-0.2, 0) is 9.53 Å². The molecule has 0 saturated carbocycles. The highest BCUT2D eigenvalue weighted by atomic mass is 19.1. The molecule has 0 spiro atoms. The number of benzene rings is 2. The van der Waals surface area contributed by atoms with E-state index in [1.54, 1.807) is 6.07 Å². The summed E-state index contributed by atoms with van der Waals surface area (Å²) in [4.78, 5) is 27.0. The molecule has 5 nitrogen and oxygen atoms in total. The summed E-state index contributed by atoms with van der Waals surface area (Å²) in [6, 6.07) is 11.2. The average molecular weight is 384 g/mol. The number of hydrogen-bond acceptors (Lipinski definition) is 3. The number of carbonyl (C=O) groups is 2. The summed E-state index contributed by atoms with van der Waals surface area (Å²) in [6.45, 7) is 4.74. The number of hydrogen-bond donors (Lipinski definition) is 1. The predicted octanol–water partition coefficient (Wildman–Crippen LogP) is 3.70. The Hall–Kier alpha value is -2.73. The first kappa shape index (κ1) is 20.0. The monoisotopic (exact) mass is 384 g/mol. The van der Waals surface area contributed by atoms with Gasteiger partial charge in [-0.15, -0.1) is 0 Å². The molecule has 1 fully saturated rings. The minimum atomic E-state index is -0.484. The maximum atomic E-state index is 13.6. The van der Waals surface area contributed by atoms with E-state index >= 15 is 0 Å². The average Bonchev–Trinajstić information content (AvgIpc) is 3.17. The van der Waals surface area contributed by atoms with Gasteiger partial charge < -0.3 is 15.0 Å². The lowest BCUT2D eigenvalue weighted by atomic mass is 10.1. The Bertz CT molecular complexity index is 863. The molecule has 0 aromatic heterocycles. The van der Waals surface area contributed by atoms with Gasteiger partial charge in [0, 0.05) is 24.4 Å². The van der Waals surface area contributed by atoms with Gasteiger partial charge in [-0.05, 0) is 62.1 Å². The topological polar surface area (TPSA) is 58.6 Å². The van der Waals surface area contributed by atoms with Gasteiger partial charge in [0.15, 0.2) is 0 Å². The van der Waals surface area contributed by atoms with Gasteiger partial charge in [0.1, 0.15) is 12.4 Å². The summed E-state index contributed by atoms with van der Waals surface area (Å²) < 4.78 is 19.2. The molecule has 0 aliphatic carbocycles. The quantitative estimate of drug-likeness (QED) is 0.826. The molecule has 2 amide bonds.